The molecule has 0 bridgehead atoms. The minimum absolute atomic E-state index is 0.0156. The molecule has 0 aliphatic carbocycles. The van der Waals surface area contributed by atoms with Gasteiger partial charge in [0.1, 0.15) is 0 Å². The molecule has 1 fully saturated rings. The summed E-state index contributed by atoms with van der Waals surface area (Å²) in [5.74, 6) is -0.0854. The van der Waals surface area contributed by atoms with Gasteiger partial charge in [-0.3, -0.25) is 14.5 Å². The Bertz CT molecular complexity index is 325. The summed E-state index contributed by atoms with van der Waals surface area (Å²) in [6, 6.07) is 0.361. The van der Waals surface area contributed by atoms with Crippen molar-refractivity contribution in [3.05, 3.63) is 0 Å². The zero-order valence-corrected chi connectivity index (χ0v) is 12.9. The zero-order valence-electron chi connectivity index (χ0n) is 12.9. The van der Waals surface area contributed by atoms with Crippen molar-refractivity contribution in [2.75, 3.05) is 32.7 Å². The molecular formula is C14H28N4O2. The molecule has 0 radical (unpaired) electrons. The summed E-state index contributed by atoms with van der Waals surface area (Å²) >= 11 is 0. The van der Waals surface area contributed by atoms with Crippen LogP contribution in [0.1, 0.15) is 33.6 Å². The molecule has 1 saturated heterocycles. The van der Waals surface area contributed by atoms with Gasteiger partial charge in [0.15, 0.2) is 0 Å². The number of nitrogens with two attached hydrogens (primary N) is 1. The minimum atomic E-state index is -0.101. The van der Waals surface area contributed by atoms with Crippen molar-refractivity contribution in [1.82, 2.24) is 15.1 Å². The second kappa shape index (κ2) is 8.21. The van der Waals surface area contributed by atoms with Crippen molar-refractivity contribution in [1.29, 1.82) is 0 Å². The maximum Gasteiger partial charge on any atom is 0.239 e. The maximum atomic E-state index is 12.2. The first-order valence-electron chi connectivity index (χ1n) is 7.47. The Kier molecular flexibility index (Phi) is 6.95. The summed E-state index contributed by atoms with van der Waals surface area (Å²) in [6.07, 6.45) is 1.88. The molecule has 116 valence electrons. The number of piperidine rings is 1. The van der Waals surface area contributed by atoms with Gasteiger partial charge in [-0.15, -0.1) is 0 Å². The van der Waals surface area contributed by atoms with E-state index < -0.39 is 0 Å². The third kappa shape index (κ3) is 5.88. The van der Waals surface area contributed by atoms with Crippen molar-refractivity contribution in [2.24, 2.45) is 5.73 Å². The van der Waals surface area contributed by atoms with Gasteiger partial charge in [-0.25, -0.2) is 0 Å². The lowest BCUT2D eigenvalue weighted by molar-refractivity contribution is -0.137. The number of carbonyl (C=O) groups is 2. The Balaban J connectivity index is 2.40. The van der Waals surface area contributed by atoms with Crippen molar-refractivity contribution in [3.8, 4) is 0 Å². The van der Waals surface area contributed by atoms with E-state index in [2.05, 4.69) is 10.2 Å². The molecule has 1 heterocycles. The van der Waals surface area contributed by atoms with Crippen LogP contribution in [0.25, 0.3) is 0 Å². The summed E-state index contributed by atoms with van der Waals surface area (Å²) in [4.78, 5) is 27.7. The van der Waals surface area contributed by atoms with Gasteiger partial charge in [0.25, 0.3) is 0 Å². The third-order valence-electron chi connectivity index (χ3n) is 3.51. The SMILES string of the molecule is CCN(CC(=O)NC(C)C)C(=O)CN1CCC(N)CC1. The predicted octanol–water partition coefficient (Wildman–Crippen LogP) is -0.217. The van der Waals surface area contributed by atoms with E-state index >= 15 is 0 Å². The molecule has 2 amide bonds. The van der Waals surface area contributed by atoms with Crippen LogP contribution < -0.4 is 11.1 Å². The van der Waals surface area contributed by atoms with Crippen LogP contribution in [0.3, 0.4) is 0 Å². The molecule has 1 aliphatic rings. The van der Waals surface area contributed by atoms with Gasteiger partial charge < -0.3 is 16.0 Å². The second-order valence-electron chi connectivity index (χ2n) is 5.74. The highest BCUT2D eigenvalue weighted by molar-refractivity contribution is 5.85. The van der Waals surface area contributed by atoms with E-state index in [0.29, 0.717) is 13.1 Å². The van der Waals surface area contributed by atoms with Crippen LogP contribution in [-0.2, 0) is 9.59 Å². The Hall–Kier alpha value is -1.14. The van der Waals surface area contributed by atoms with Crippen LogP contribution in [0, 0.1) is 0 Å². The monoisotopic (exact) mass is 284 g/mol. The van der Waals surface area contributed by atoms with Gasteiger partial charge in [0, 0.05) is 31.7 Å². The molecule has 0 aromatic rings. The molecule has 6 heteroatoms. The molecule has 3 N–H and O–H groups in total. The van der Waals surface area contributed by atoms with Gasteiger partial charge in [0.2, 0.25) is 11.8 Å². The van der Waals surface area contributed by atoms with E-state index in [9.17, 15) is 9.59 Å². The number of carbonyl (C=O) groups excluding carboxylic acids is 2. The number of nitrogens with one attached hydrogen (secondary N) is 1. The lowest BCUT2D eigenvalue weighted by Crippen LogP contribution is -2.48. The van der Waals surface area contributed by atoms with E-state index in [1.165, 1.54) is 0 Å². The van der Waals surface area contributed by atoms with Crippen LogP contribution >= 0.6 is 0 Å². The maximum absolute atomic E-state index is 12.2. The first-order valence-corrected chi connectivity index (χ1v) is 7.47. The zero-order chi connectivity index (χ0) is 15.1. The fourth-order valence-electron chi connectivity index (χ4n) is 2.32. The van der Waals surface area contributed by atoms with Gasteiger partial charge >= 0.3 is 0 Å². The number of rotatable bonds is 6. The van der Waals surface area contributed by atoms with Gasteiger partial charge in [0.05, 0.1) is 13.1 Å². The minimum Gasteiger partial charge on any atom is -0.352 e. The lowest BCUT2D eigenvalue weighted by Gasteiger charge is -2.31. The first kappa shape index (κ1) is 16.9. The Morgan fingerprint density at radius 1 is 1.35 bits per heavy atom. The number of likely N-dealkylation sites (N-methyl/N-ethyl adjacent to an activating group) is 1. The average Bonchev–Trinajstić information content (AvgIpc) is 2.37. The molecule has 0 unspecified atom stereocenters. The highest BCUT2D eigenvalue weighted by Crippen LogP contribution is 2.08. The fraction of sp³-hybridized carbons (Fsp3) is 0.857. The lowest BCUT2D eigenvalue weighted by atomic mass is 10.1. The molecule has 1 rings (SSSR count). The van der Waals surface area contributed by atoms with Crippen molar-refractivity contribution >= 4 is 11.8 Å². The van der Waals surface area contributed by atoms with E-state index in [-0.39, 0.29) is 30.4 Å². The van der Waals surface area contributed by atoms with Crippen LogP contribution in [0.15, 0.2) is 0 Å². The largest absolute Gasteiger partial charge is 0.352 e. The summed E-state index contributed by atoms with van der Waals surface area (Å²) in [7, 11) is 0. The number of amides is 2. The van der Waals surface area contributed by atoms with Gasteiger partial charge in [-0.2, -0.15) is 0 Å². The normalized spacial score (nSPS) is 17.2. The van der Waals surface area contributed by atoms with E-state index in [1.54, 1.807) is 4.90 Å². The van der Waals surface area contributed by atoms with Crippen molar-refractivity contribution < 1.29 is 9.59 Å². The Morgan fingerprint density at radius 3 is 2.45 bits per heavy atom. The molecular weight excluding hydrogens is 256 g/mol. The summed E-state index contributed by atoms with van der Waals surface area (Å²) in [6.45, 7) is 8.52. The number of nitrogens with zero attached hydrogens (tertiary/aromatic N) is 2. The van der Waals surface area contributed by atoms with Gasteiger partial charge in [-0.1, -0.05) is 0 Å². The molecule has 0 saturated carbocycles. The average molecular weight is 284 g/mol. The molecule has 0 atom stereocenters. The van der Waals surface area contributed by atoms with Crippen LogP contribution in [-0.4, -0.2) is 66.4 Å². The second-order valence-corrected chi connectivity index (χ2v) is 5.74. The van der Waals surface area contributed by atoms with Crippen LogP contribution in [0.5, 0.6) is 0 Å². The topological polar surface area (TPSA) is 78.7 Å². The van der Waals surface area contributed by atoms with Crippen LogP contribution in [0.4, 0.5) is 0 Å². The smallest absolute Gasteiger partial charge is 0.239 e. The molecule has 0 aromatic heterocycles. The molecule has 0 spiro atoms. The van der Waals surface area contributed by atoms with E-state index in [0.717, 1.165) is 25.9 Å². The number of hydrogen-bond donors (Lipinski definition) is 2. The fourth-order valence-corrected chi connectivity index (χ4v) is 2.32. The molecule has 20 heavy (non-hydrogen) atoms. The highest BCUT2D eigenvalue weighted by atomic mass is 16.2. The third-order valence-corrected chi connectivity index (χ3v) is 3.51. The molecule has 6 nitrogen and oxygen atoms in total. The van der Waals surface area contributed by atoms with Crippen molar-refractivity contribution in [3.63, 3.8) is 0 Å². The van der Waals surface area contributed by atoms with Crippen molar-refractivity contribution in [2.45, 2.75) is 45.7 Å². The Labute approximate surface area is 121 Å². The van der Waals surface area contributed by atoms with E-state index in [4.69, 9.17) is 5.73 Å². The number of likely N-dealkylation sites (tertiary alicyclic amines) is 1. The summed E-state index contributed by atoms with van der Waals surface area (Å²) in [5.41, 5.74) is 5.85. The van der Waals surface area contributed by atoms with Gasteiger partial charge in [-0.05, 0) is 33.6 Å². The molecule has 1 aliphatic heterocycles. The summed E-state index contributed by atoms with van der Waals surface area (Å²) in [5, 5.41) is 2.81. The summed E-state index contributed by atoms with van der Waals surface area (Å²) < 4.78 is 0. The molecule has 0 aromatic carbocycles. The quantitative estimate of drug-likeness (QED) is 0.707. The van der Waals surface area contributed by atoms with Crippen LogP contribution in [0.2, 0.25) is 0 Å². The number of hydrogen-bond acceptors (Lipinski definition) is 4. The highest BCUT2D eigenvalue weighted by Gasteiger charge is 2.22. The standard InChI is InChI=1S/C14H28N4O2/c1-4-18(9-13(19)16-11(2)3)14(20)10-17-7-5-12(15)6-8-17/h11-12H,4-10,15H2,1-3H3,(H,16,19). The van der Waals surface area contributed by atoms with E-state index in [1.807, 2.05) is 20.8 Å². The first-order chi connectivity index (χ1) is 9.42. The predicted molar refractivity (Wildman–Crippen MR) is 79.2 cm³/mol. The Morgan fingerprint density at radius 2 is 1.95 bits per heavy atom.